The van der Waals surface area contributed by atoms with Gasteiger partial charge >= 0.3 is 0 Å². The second-order valence-corrected chi connectivity index (χ2v) is 5.85. The Labute approximate surface area is 119 Å². The summed E-state index contributed by atoms with van der Waals surface area (Å²) in [6, 6.07) is 0. The van der Waals surface area contributed by atoms with E-state index >= 15 is 0 Å². The molecule has 2 rings (SSSR count). The van der Waals surface area contributed by atoms with Crippen LogP contribution in [0.25, 0.3) is 0 Å². The van der Waals surface area contributed by atoms with E-state index < -0.39 is 0 Å². The van der Waals surface area contributed by atoms with Gasteiger partial charge in [-0.1, -0.05) is 30.7 Å². The first-order valence-electron chi connectivity index (χ1n) is 6.61. The van der Waals surface area contributed by atoms with Gasteiger partial charge in [-0.3, -0.25) is 4.99 Å². The molecule has 98 valence electrons. The van der Waals surface area contributed by atoms with Crippen molar-refractivity contribution in [3.63, 3.8) is 0 Å². The number of aliphatic imine (C=N–C) groups is 1. The van der Waals surface area contributed by atoms with Gasteiger partial charge in [0.25, 0.3) is 0 Å². The monoisotopic (exact) mass is 283 g/mol. The molecule has 0 amide bonds. The van der Waals surface area contributed by atoms with Gasteiger partial charge in [0.15, 0.2) is 0 Å². The molecule has 0 saturated carbocycles. The van der Waals surface area contributed by atoms with E-state index in [4.69, 9.17) is 23.2 Å². The van der Waals surface area contributed by atoms with Crippen LogP contribution in [0.3, 0.4) is 0 Å². The van der Waals surface area contributed by atoms with E-state index in [-0.39, 0.29) is 11.3 Å². The molecule has 1 heterocycles. The minimum Gasteiger partial charge on any atom is -0.264 e. The molecule has 0 radical (unpaired) electrons. The fourth-order valence-corrected chi connectivity index (χ4v) is 2.83. The van der Waals surface area contributed by atoms with Crippen molar-refractivity contribution in [1.82, 2.24) is 0 Å². The van der Waals surface area contributed by atoms with Gasteiger partial charge in [-0.25, -0.2) is 0 Å². The van der Waals surface area contributed by atoms with Gasteiger partial charge in [0, 0.05) is 11.2 Å². The Balaban J connectivity index is 2.28. The first-order chi connectivity index (χ1) is 8.68. The SMILES string of the molecule is CC1/C=C\C(Cl)=C/CCCC2=C(N=CCC2)C1Cl. The van der Waals surface area contributed by atoms with Gasteiger partial charge in [0.1, 0.15) is 0 Å². The number of alkyl halides is 1. The Hall–Kier alpha value is -0.530. The topological polar surface area (TPSA) is 12.4 Å². The Morgan fingerprint density at radius 3 is 2.94 bits per heavy atom. The molecule has 0 aromatic rings. The third kappa shape index (κ3) is 3.49. The summed E-state index contributed by atoms with van der Waals surface area (Å²) in [4.78, 5) is 4.55. The molecule has 2 aliphatic rings. The predicted molar refractivity (Wildman–Crippen MR) is 80.5 cm³/mol. The van der Waals surface area contributed by atoms with Crippen molar-refractivity contribution in [2.24, 2.45) is 10.9 Å². The summed E-state index contributed by atoms with van der Waals surface area (Å²) in [5.74, 6) is 0.243. The molecule has 0 saturated heterocycles. The largest absolute Gasteiger partial charge is 0.264 e. The quantitative estimate of drug-likeness (QED) is 0.541. The van der Waals surface area contributed by atoms with Crippen molar-refractivity contribution in [2.75, 3.05) is 0 Å². The Bertz CT molecular complexity index is 418. The number of hydrogen-bond donors (Lipinski definition) is 0. The van der Waals surface area contributed by atoms with Gasteiger partial charge in [-0.05, 0) is 49.7 Å². The number of hydrogen-bond acceptors (Lipinski definition) is 1. The minimum absolute atomic E-state index is 0.0460. The van der Waals surface area contributed by atoms with Crippen LogP contribution in [-0.4, -0.2) is 11.6 Å². The highest BCUT2D eigenvalue weighted by Crippen LogP contribution is 2.31. The summed E-state index contributed by atoms with van der Waals surface area (Å²) in [5.41, 5.74) is 2.53. The van der Waals surface area contributed by atoms with E-state index in [9.17, 15) is 0 Å². The van der Waals surface area contributed by atoms with Crippen molar-refractivity contribution in [3.8, 4) is 0 Å². The molecular formula is C15H19Cl2N. The van der Waals surface area contributed by atoms with E-state index in [1.807, 2.05) is 12.3 Å². The number of allylic oxidation sites excluding steroid dienone is 6. The predicted octanol–water partition coefficient (Wildman–Crippen LogP) is 5.21. The smallest absolute Gasteiger partial charge is 0.0816 e. The molecule has 0 aromatic carbocycles. The zero-order valence-corrected chi connectivity index (χ0v) is 12.2. The summed E-state index contributed by atoms with van der Waals surface area (Å²) in [5, 5.41) is 0.768. The molecule has 1 aliphatic heterocycles. The Kier molecular flexibility index (Phi) is 5.08. The summed E-state index contributed by atoms with van der Waals surface area (Å²) in [7, 11) is 0. The van der Waals surface area contributed by atoms with Crippen molar-refractivity contribution in [1.29, 1.82) is 0 Å². The second-order valence-electron chi connectivity index (χ2n) is 4.94. The molecule has 1 aliphatic carbocycles. The van der Waals surface area contributed by atoms with Crippen LogP contribution in [0.4, 0.5) is 0 Å². The summed E-state index contributed by atoms with van der Waals surface area (Å²) in [6.45, 7) is 2.12. The van der Waals surface area contributed by atoms with E-state index in [2.05, 4.69) is 24.1 Å². The molecule has 0 fully saturated rings. The van der Waals surface area contributed by atoms with Gasteiger partial charge in [0.05, 0.1) is 11.1 Å². The normalized spacial score (nSPS) is 34.3. The van der Waals surface area contributed by atoms with Crippen LogP contribution < -0.4 is 0 Å². The van der Waals surface area contributed by atoms with Crippen LogP contribution in [0.1, 0.15) is 39.0 Å². The highest BCUT2D eigenvalue weighted by Gasteiger charge is 2.21. The molecule has 0 bridgehead atoms. The Morgan fingerprint density at radius 1 is 1.28 bits per heavy atom. The van der Waals surface area contributed by atoms with Crippen LogP contribution in [0.2, 0.25) is 0 Å². The molecule has 2 atom stereocenters. The maximum absolute atomic E-state index is 6.56. The lowest BCUT2D eigenvalue weighted by molar-refractivity contribution is 0.685. The molecule has 2 unspecified atom stereocenters. The van der Waals surface area contributed by atoms with Crippen LogP contribution in [0, 0.1) is 5.92 Å². The average molecular weight is 284 g/mol. The van der Waals surface area contributed by atoms with E-state index in [0.717, 1.165) is 42.8 Å². The van der Waals surface area contributed by atoms with Crippen LogP contribution in [-0.2, 0) is 0 Å². The third-order valence-corrected chi connectivity index (χ3v) is 4.36. The zero-order chi connectivity index (χ0) is 13.0. The van der Waals surface area contributed by atoms with Gasteiger partial charge in [-0.2, -0.15) is 0 Å². The van der Waals surface area contributed by atoms with E-state index in [0.29, 0.717) is 0 Å². The van der Waals surface area contributed by atoms with Crippen molar-refractivity contribution < 1.29 is 0 Å². The lowest BCUT2D eigenvalue weighted by Crippen LogP contribution is -2.15. The number of nitrogens with zero attached hydrogens (tertiary/aromatic N) is 1. The minimum atomic E-state index is -0.0460. The van der Waals surface area contributed by atoms with Gasteiger partial charge in [0.2, 0.25) is 0 Å². The van der Waals surface area contributed by atoms with Crippen molar-refractivity contribution in [2.45, 2.75) is 44.4 Å². The van der Waals surface area contributed by atoms with E-state index in [1.54, 1.807) is 0 Å². The van der Waals surface area contributed by atoms with E-state index in [1.165, 1.54) is 5.57 Å². The van der Waals surface area contributed by atoms with Crippen molar-refractivity contribution in [3.05, 3.63) is 34.5 Å². The van der Waals surface area contributed by atoms with Crippen LogP contribution in [0.5, 0.6) is 0 Å². The maximum atomic E-state index is 6.56. The lowest BCUT2D eigenvalue weighted by Gasteiger charge is -2.21. The lowest BCUT2D eigenvalue weighted by atomic mass is 9.94. The first-order valence-corrected chi connectivity index (χ1v) is 7.42. The highest BCUT2D eigenvalue weighted by molar-refractivity contribution is 6.31. The number of halogens is 2. The average Bonchev–Trinajstić information content (AvgIpc) is 2.41. The summed E-state index contributed by atoms with van der Waals surface area (Å²) < 4.78 is 0. The second kappa shape index (κ2) is 6.58. The third-order valence-electron chi connectivity index (χ3n) is 3.47. The fourth-order valence-electron chi connectivity index (χ4n) is 2.35. The standard InChI is InChI=1S/C15H19Cl2N/c1-11-8-9-13(16)7-3-2-5-12-6-4-10-18-15(12)14(11)17/h7-11,14H,2-6H2,1H3/b9-8-,13-7+. The summed E-state index contributed by atoms with van der Waals surface area (Å²) in [6.07, 6.45) is 13.5. The molecule has 3 heteroatoms. The Morgan fingerprint density at radius 2 is 2.11 bits per heavy atom. The number of rotatable bonds is 0. The molecule has 0 N–H and O–H groups in total. The molecule has 1 nitrogen and oxygen atoms in total. The summed E-state index contributed by atoms with van der Waals surface area (Å²) >= 11 is 12.7. The highest BCUT2D eigenvalue weighted by atomic mass is 35.5. The van der Waals surface area contributed by atoms with Crippen LogP contribution >= 0.6 is 23.2 Å². The van der Waals surface area contributed by atoms with Crippen molar-refractivity contribution >= 4 is 29.4 Å². The maximum Gasteiger partial charge on any atom is 0.0816 e. The van der Waals surface area contributed by atoms with Crippen LogP contribution in [0.15, 0.2) is 39.5 Å². The zero-order valence-electron chi connectivity index (χ0n) is 10.7. The fraction of sp³-hybridized carbons (Fsp3) is 0.533. The first kappa shape index (κ1) is 13.9. The van der Waals surface area contributed by atoms with Gasteiger partial charge in [-0.15, -0.1) is 11.6 Å². The molecule has 0 aromatic heterocycles. The molecule has 0 spiro atoms. The molecule has 18 heavy (non-hydrogen) atoms. The molecular weight excluding hydrogens is 265 g/mol. The van der Waals surface area contributed by atoms with Gasteiger partial charge < -0.3 is 0 Å².